The normalized spacial score (nSPS) is 12.1. The molecular weight excluding hydrogens is 300 g/mol. The molecule has 3 nitrogen and oxygen atoms in total. The van der Waals surface area contributed by atoms with Crippen molar-refractivity contribution in [2.45, 2.75) is 32.8 Å². The predicted octanol–water partition coefficient (Wildman–Crippen LogP) is 4.49. The van der Waals surface area contributed by atoms with Crippen molar-refractivity contribution in [1.82, 2.24) is 0 Å². The van der Waals surface area contributed by atoms with Crippen LogP contribution in [0.25, 0.3) is 0 Å². The van der Waals surface area contributed by atoms with E-state index in [2.05, 4.69) is 5.32 Å². The summed E-state index contributed by atoms with van der Waals surface area (Å²) in [5, 5.41) is 2.40. The smallest absolute Gasteiger partial charge is 0.265 e. The number of para-hydroxylation sites is 1. The van der Waals surface area contributed by atoms with Crippen LogP contribution in [0, 0.1) is 11.6 Å². The molecule has 0 radical (unpaired) electrons. The number of hydrogen-bond acceptors (Lipinski definition) is 2. The van der Waals surface area contributed by atoms with Crippen LogP contribution in [0.15, 0.2) is 42.5 Å². The van der Waals surface area contributed by atoms with Gasteiger partial charge >= 0.3 is 0 Å². The Labute approximate surface area is 134 Å². The third kappa shape index (κ3) is 4.28. The highest BCUT2D eigenvalue weighted by Gasteiger charge is 2.18. The molecule has 0 aliphatic heterocycles. The zero-order chi connectivity index (χ0) is 17.0. The van der Waals surface area contributed by atoms with Gasteiger partial charge in [-0.25, -0.2) is 8.78 Å². The van der Waals surface area contributed by atoms with Crippen molar-refractivity contribution in [2.24, 2.45) is 0 Å². The molecular formula is C18H19F2NO2. The zero-order valence-corrected chi connectivity index (χ0v) is 13.3. The number of amides is 1. The summed E-state index contributed by atoms with van der Waals surface area (Å²) in [6, 6.07) is 10.4. The van der Waals surface area contributed by atoms with Crippen LogP contribution in [0.5, 0.6) is 5.75 Å². The summed E-state index contributed by atoms with van der Waals surface area (Å²) in [6.45, 7) is 5.63. The van der Waals surface area contributed by atoms with E-state index in [-0.39, 0.29) is 11.6 Å². The van der Waals surface area contributed by atoms with Crippen molar-refractivity contribution in [3.63, 3.8) is 0 Å². The highest BCUT2D eigenvalue weighted by molar-refractivity contribution is 5.94. The topological polar surface area (TPSA) is 38.3 Å². The largest absolute Gasteiger partial charge is 0.481 e. The Balaban J connectivity index is 2.09. The molecule has 0 saturated carbocycles. The molecule has 23 heavy (non-hydrogen) atoms. The number of carbonyl (C=O) groups excluding carboxylic acids is 1. The predicted molar refractivity (Wildman–Crippen MR) is 85.6 cm³/mol. The van der Waals surface area contributed by atoms with Crippen LogP contribution < -0.4 is 10.1 Å². The van der Waals surface area contributed by atoms with E-state index in [4.69, 9.17) is 4.74 Å². The maximum absolute atomic E-state index is 13.6. The Morgan fingerprint density at radius 2 is 1.78 bits per heavy atom. The maximum Gasteiger partial charge on any atom is 0.265 e. The van der Waals surface area contributed by atoms with Crippen LogP contribution in [-0.2, 0) is 4.79 Å². The van der Waals surface area contributed by atoms with Crippen molar-refractivity contribution in [3.05, 3.63) is 59.7 Å². The fourth-order valence-electron chi connectivity index (χ4n) is 2.13. The Morgan fingerprint density at radius 1 is 1.09 bits per heavy atom. The number of anilines is 1. The minimum Gasteiger partial charge on any atom is -0.481 e. The highest BCUT2D eigenvalue weighted by atomic mass is 19.1. The van der Waals surface area contributed by atoms with Gasteiger partial charge in [0.25, 0.3) is 5.91 Å². The van der Waals surface area contributed by atoms with Gasteiger partial charge in [0.1, 0.15) is 17.4 Å². The molecule has 0 bridgehead atoms. The van der Waals surface area contributed by atoms with Crippen molar-refractivity contribution in [1.29, 1.82) is 0 Å². The van der Waals surface area contributed by atoms with Crippen LogP contribution in [-0.4, -0.2) is 12.0 Å². The Bertz CT molecular complexity index is 701. The van der Waals surface area contributed by atoms with Crippen molar-refractivity contribution >= 4 is 11.6 Å². The molecule has 0 aromatic heterocycles. The molecule has 2 aromatic rings. The lowest BCUT2D eigenvalue weighted by molar-refractivity contribution is -0.122. The zero-order valence-electron chi connectivity index (χ0n) is 13.3. The summed E-state index contributed by atoms with van der Waals surface area (Å²) in [5.74, 6) is -1.17. The van der Waals surface area contributed by atoms with E-state index in [1.54, 1.807) is 13.0 Å². The molecule has 1 N–H and O–H groups in total. The Morgan fingerprint density at radius 3 is 2.43 bits per heavy atom. The first-order valence-electron chi connectivity index (χ1n) is 7.40. The van der Waals surface area contributed by atoms with E-state index in [1.165, 1.54) is 6.07 Å². The number of hydrogen-bond donors (Lipinski definition) is 1. The molecule has 1 unspecified atom stereocenters. The fraction of sp³-hybridized carbons (Fsp3) is 0.278. The summed E-state index contributed by atoms with van der Waals surface area (Å²) in [6.07, 6.45) is -0.820. The van der Waals surface area contributed by atoms with E-state index < -0.39 is 23.6 Å². The molecule has 2 rings (SSSR count). The summed E-state index contributed by atoms with van der Waals surface area (Å²) in [5.41, 5.74) is 0.907. The number of rotatable bonds is 5. The standard InChI is InChI=1S/C18H19F2NO2/c1-11(2)14-6-4-5-7-17(14)23-12(3)18(22)21-16-9-8-13(19)10-15(16)20/h4-12H,1-3H3,(H,21,22). The average molecular weight is 319 g/mol. The SMILES string of the molecule is CC(Oc1ccccc1C(C)C)C(=O)Nc1ccc(F)cc1F. The summed E-state index contributed by atoms with van der Waals surface area (Å²) >= 11 is 0. The van der Waals surface area contributed by atoms with Crippen LogP contribution in [0.3, 0.4) is 0 Å². The first-order valence-corrected chi connectivity index (χ1v) is 7.40. The minimum absolute atomic E-state index is 0.0796. The van der Waals surface area contributed by atoms with E-state index in [0.29, 0.717) is 5.75 Å². The van der Waals surface area contributed by atoms with Gasteiger partial charge in [-0.2, -0.15) is 0 Å². The molecule has 0 heterocycles. The van der Waals surface area contributed by atoms with Crippen LogP contribution >= 0.6 is 0 Å². The van der Waals surface area contributed by atoms with Gasteiger partial charge in [0, 0.05) is 6.07 Å². The van der Waals surface area contributed by atoms with Crippen molar-refractivity contribution < 1.29 is 18.3 Å². The first-order chi connectivity index (χ1) is 10.9. The maximum atomic E-state index is 13.6. The number of benzene rings is 2. The summed E-state index contributed by atoms with van der Waals surface area (Å²) in [7, 11) is 0. The molecule has 122 valence electrons. The molecule has 1 atom stereocenters. The van der Waals surface area contributed by atoms with Crippen LogP contribution in [0.4, 0.5) is 14.5 Å². The minimum atomic E-state index is -0.826. The van der Waals surface area contributed by atoms with Gasteiger partial charge in [0.15, 0.2) is 6.10 Å². The third-order valence-corrected chi connectivity index (χ3v) is 3.40. The molecule has 5 heteroatoms. The lowest BCUT2D eigenvalue weighted by Gasteiger charge is -2.18. The van der Waals surface area contributed by atoms with E-state index >= 15 is 0 Å². The highest BCUT2D eigenvalue weighted by Crippen LogP contribution is 2.27. The number of nitrogens with one attached hydrogen (secondary N) is 1. The molecule has 2 aromatic carbocycles. The third-order valence-electron chi connectivity index (χ3n) is 3.40. The molecule has 0 saturated heterocycles. The van der Waals surface area contributed by atoms with Gasteiger partial charge in [0.2, 0.25) is 0 Å². The van der Waals surface area contributed by atoms with Gasteiger partial charge in [-0.05, 0) is 36.6 Å². The van der Waals surface area contributed by atoms with Crippen molar-refractivity contribution in [3.8, 4) is 5.75 Å². The van der Waals surface area contributed by atoms with E-state index in [1.807, 2.05) is 32.0 Å². The van der Waals surface area contributed by atoms with Crippen LogP contribution in [0.2, 0.25) is 0 Å². The van der Waals surface area contributed by atoms with E-state index in [9.17, 15) is 13.6 Å². The lowest BCUT2D eigenvalue weighted by Crippen LogP contribution is -2.30. The van der Waals surface area contributed by atoms with Crippen LogP contribution in [0.1, 0.15) is 32.3 Å². The quantitative estimate of drug-likeness (QED) is 0.881. The number of ether oxygens (including phenoxy) is 1. The summed E-state index contributed by atoms with van der Waals surface area (Å²) < 4.78 is 32.1. The van der Waals surface area contributed by atoms with Gasteiger partial charge in [-0.1, -0.05) is 32.0 Å². The lowest BCUT2D eigenvalue weighted by atomic mass is 10.0. The Hall–Kier alpha value is -2.43. The second-order valence-electron chi connectivity index (χ2n) is 5.57. The van der Waals surface area contributed by atoms with Gasteiger partial charge in [0.05, 0.1) is 5.69 Å². The molecule has 0 aliphatic rings. The summed E-state index contributed by atoms with van der Waals surface area (Å²) in [4.78, 5) is 12.1. The Kier molecular flexibility index (Phi) is 5.32. The fourth-order valence-corrected chi connectivity index (χ4v) is 2.13. The second kappa shape index (κ2) is 7.22. The van der Waals surface area contributed by atoms with Gasteiger partial charge in [-0.15, -0.1) is 0 Å². The monoisotopic (exact) mass is 319 g/mol. The first kappa shape index (κ1) is 16.9. The van der Waals surface area contributed by atoms with Gasteiger partial charge in [-0.3, -0.25) is 4.79 Å². The molecule has 0 fully saturated rings. The molecule has 1 amide bonds. The molecule has 0 aliphatic carbocycles. The number of carbonyl (C=O) groups is 1. The van der Waals surface area contributed by atoms with E-state index in [0.717, 1.165) is 17.7 Å². The van der Waals surface area contributed by atoms with Crippen molar-refractivity contribution in [2.75, 3.05) is 5.32 Å². The second-order valence-corrected chi connectivity index (χ2v) is 5.57. The molecule has 0 spiro atoms. The average Bonchev–Trinajstić information content (AvgIpc) is 2.50. The van der Waals surface area contributed by atoms with Gasteiger partial charge < -0.3 is 10.1 Å². The number of halogens is 2.